The molecule has 0 aliphatic carbocycles. The maximum atomic E-state index is 11.5. The molecule has 1 aliphatic rings. The smallest absolute Gasteiger partial charge is 0.337 e. The van der Waals surface area contributed by atoms with Crippen molar-refractivity contribution in [1.82, 2.24) is 0 Å². The summed E-state index contributed by atoms with van der Waals surface area (Å²) < 4.78 is 4.65. The number of anilines is 1. The number of carbonyl (C=O) groups is 1. The van der Waals surface area contributed by atoms with E-state index in [0.29, 0.717) is 23.0 Å². The van der Waals surface area contributed by atoms with Crippen molar-refractivity contribution in [2.75, 3.05) is 24.7 Å². The first-order valence-electron chi connectivity index (χ1n) is 6.84. The number of thioether (sulfide) groups is 1. The molecule has 0 amide bonds. The summed E-state index contributed by atoms with van der Waals surface area (Å²) in [5.74, 6) is 0.636. The van der Waals surface area contributed by atoms with Gasteiger partial charge in [0.15, 0.2) is 0 Å². The highest BCUT2D eigenvalue weighted by Crippen LogP contribution is 2.29. The third kappa shape index (κ3) is 4.10. The largest absolute Gasteiger partial charge is 0.465 e. The van der Waals surface area contributed by atoms with E-state index in [2.05, 4.69) is 10.1 Å². The highest BCUT2D eigenvalue weighted by Gasteiger charge is 2.19. The van der Waals surface area contributed by atoms with Gasteiger partial charge in [-0.1, -0.05) is 6.42 Å². The molecule has 21 heavy (non-hydrogen) atoms. The van der Waals surface area contributed by atoms with Gasteiger partial charge in [-0.05, 0) is 30.7 Å². The van der Waals surface area contributed by atoms with Crippen molar-refractivity contribution in [1.29, 1.82) is 0 Å². The molecule has 2 rings (SSSR count). The van der Waals surface area contributed by atoms with Crippen molar-refractivity contribution in [2.24, 2.45) is 0 Å². The molecule has 1 heterocycles. The Morgan fingerprint density at radius 3 is 2.95 bits per heavy atom. The minimum atomic E-state index is -0.500. The number of nitro groups is 1. The van der Waals surface area contributed by atoms with Gasteiger partial charge in [0.25, 0.3) is 5.69 Å². The fourth-order valence-corrected chi connectivity index (χ4v) is 3.51. The number of hydrogen-bond donors (Lipinski definition) is 1. The molecule has 1 aromatic carbocycles. The molecule has 6 nitrogen and oxygen atoms in total. The number of nitrogens with one attached hydrogen (secondary N) is 1. The zero-order valence-electron chi connectivity index (χ0n) is 11.8. The summed E-state index contributed by atoms with van der Waals surface area (Å²) in [6, 6.07) is 4.23. The SMILES string of the molecule is COC(=O)c1ccc([N+](=O)[O-])c(NCC2CCCCS2)c1. The van der Waals surface area contributed by atoms with Crippen LogP contribution in [0.1, 0.15) is 29.6 Å². The Balaban J connectivity index is 2.13. The summed E-state index contributed by atoms with van der Waals surface area (Å²) >= 11 is 1.89. The second-order valence-corrected chi connectivity index (χ2v) is 6.26. The number of ether oxygens (including phenoxy) is 1. The fraction of sp³-hybridized carbons (Fsp3) is 0.500. The molecule has 7 heteroatoms. The Bertz CT molecular complexity index is 530. The normalized spacial score (nSPS) is 18.0. The minimum Gasteiger partial charge on any atom is -0.465 e. The molecule has 1 unspecified atom stereocenters. The Morgan fingerprint density at radius 2 is 2.33 bits per heavy atom. The number of hydrogen-bond acceptors (Lipinski definition) is 6. The van der Waals surface area contributed by atoms with Crippen LogP contribution in [0.25, 0.3) is 0 Å². The number of methoxy groups -OCH3 is 1. The van der Waals surface area contributed by atoms with Crippen molar-refractivity contribution in [3.05, 3.63) is 33.9 Å². The van der Waals surface area contributed by atoms with Crippen molar-refractivity contribution in [3.8, 4) is 0 Å². The summed E-state index contributed by atoms with van der Waals surface area (Å²) in [5, 5.41) is 14.6. The lowest BCUT2D eigenvalue weighted by molar-refractivity contribution is -0.384. The molecule has 0 bridgehead atoms. The molecule has 0 spiro atoms. The zero-order valence-corrected chi connectivity index (χ0v) is 12.6. The van der Waals surface area contributed by atoms with E-state index in [-0.39, 0.29) is 5.69 Å². The van der Waals surface area contributed by atoms with Gasteiger partial charge in [0, 0.05) is 17.9 Å². The zero-order chi connectivity index (χ0) is 15.2. The highest BCUT2D eigenvalue weighted by atomic mass is 32.2. The van der Waals surface area contributed by atoms with Crippen LogP contribution < -0.4 is 5.32 Å². The van der Waals surface area contributed by atoms with Gasteiger partial charge in [0.1, 0.15) is 5.69 Å². The maximum Gasteiger partial charge on any atom is 0.337 e. The molecule has 114 valence electrons. The van der Waals surface area contributed by atoms with Gasteiger partial charge in [-0.3, -0.25) is 10.1 Å². The molecular weight excluding hydrogens is 292 g/mol. The van der Waals surface area contributed by atoms with E-state index in [1.54, 1.807) is 0 Å². The predicted molar refractivity (Wildman–Crippen MR) is 83.0 cm³/mol. The Morgan fingerprint density at radius 1 is 1.52 bits per heavy atom. The fourth-order valence-electron chi connectivity index (χ4n) is 2.27. The van der Waals surface area contributed by atoms with Crippen LogP contribution in [-0.4, -0.2) is 35.5 Å². The molecule has 1 N–H and O–H groups in total. The first kappa shape index (κ1) is 15.6. The van der Waals surface area contributed by atoms with E-state index in [4.69, 9.17) is 0 Å². The second kappa shape index (κ2) is 7.31. The first-order chi connectivity index (χ1) is 10.1. The first-order valence-corrected chi connectivity index (χ1v) is 7.89. The average molecular weight is 310 g/mol. The van der Waals surface area contributed by atoms with Gasteiger partial charge in [-0.2, -0.15) is 11.8 Å². The van der Waals surface area contributed by atoms with Gasteiger partial charge in [0.05, 0.1) is 17.6 Å². The van der Waals surface area contributed by atoms with Crippen molar-refractivity contribution >= 4 is 29.1 Å². The molecule has 1 fully saturated rings. The van der Waals surface area contributed by atoms with E-state index in [0.717, 1.165) is 12.2 Å². The number of nitrogens with zero attached hydrogens (tertiary/aromatic N) is 1. The third-order valence-corrected chi connectivity index (χ3v) is 4.81. The summed E-state index contributed by atoms with van der Waals surface area (Å²) in [6.07, 6.45) is 3.55. The molecular formula is C14H18N2O4S. The van der Waals surface area contributed by atoms with Crippen LogP contribution in [0.3, 0.4) is 0 Å². The number of esters is 1. The van der Waals surface area contributed by atoms with Crippen molar-refractivity contribution in [2.45, 2.75) is 24.5 Å². The van der Waals surface area contributed by atoms with Crippen LogP contribution >= 0.6 is 11.8 Å². The number of benzene rings is 1. The quantitative estimate of drug-likeness (QED) is 0.511. The van der Waals surface area contributed by atoms with Crippen LogP contribution in [0.2, 0.25) is 0 Å². The number of carbonyl (C=O) groups excluding carboxylic acids is 1. The lowest BCUT2D eigenvalue weighted by atomic mass is 10.1. The summed E-state index contributed by atoms with van der Waals surface area (Å²) in [6.45, 7) is 0.663. The van der Waals surface area contributed by atoms with Gasteiger partial charge in [-0.25, -0.2) is 4.79 Å². The minimum absolute atomic E-state index is 0.0246. The summed E-state index contributed by atoms with van der Waals surface area (Å²) in [4.78, 5) is 22.1. The number of nitro benzene ring substituents is 1. The maximum absolute atomic E-state index is 11.5. The van der Waals surface area contributed by atoms with Crippen LogP contribution in [0.5, 0.6) is 0 Å². The third-order valence-electron chi connectivity index (χ3n) is 3.41. The molecule has 1 aliphatic heterocycles. The molecule has 0 radical (unpaired) electrons. The van der Waals surface area contributed by atoms with Gasteiger partial charge in [0.2, 0.25) is 0 Å². The van der Waals surface area contributed by atoms with Gasteiger partial charge in [-0.15, -0.1) is 0 Å². The summed E-state index contributed by atoms with van der Waals surface area (Å²) in [7, 11) is 1.29. The van der Waals surface area contributed by atoms with E-state index in [1.807, 2.05) is 11.8 Å². The van der Waals surface area contributed by atoms with Gasteiger partial charge < -0.3 is 10.1 Å². The Labute approximate surface area is 127 Å². The molecule has 1 aromatic rings. The predicted octanol–water partition coefficient (Wildman–Crippen LogP) is 3.08. The van der Waals surface area contributed by atoms with E-state index >= 15 is 0 Å². The second-order valence-electron chi connectivity index (χ2n) is 4.85. The average Bonchev–Trinajstić information content (AvgIpc) is 2.52. The van der Waals surface area contributed by atoms with E-state index in [1.165, 1.54) is 38.2 Å². The van der Waals surface area contributed by atoms with Crippen LogP contribution in [0.4, 0.5) is 11.4 Å². The molecule has 0 saturated carbocycles. The standard InChI is InChI=1S/C14H18N2O4S/c1-20-14(17)10-5-6-13(16(18)19)12(8-10)15-9-11-4-2-3-7-21-11/h5-6,8,11,15H,2-4,7,9H2,1H3. The van der Waals surface area contributed by atoms with Crippen LogP contribution in [-0.2, 0) is 4.74 Å². The number of rotatable bonds is 5. The van der Waals surface area contributed by atoms with E-state index < -0.39 is 10.9 Å². The monoisotopic (exact) mass is 310 g/mol. The molecule has 1 saturated heterocycles. The van der Waals surface area contributed by atoms with Crippen molar-refractivity contribution < 1.29 is 14.5 Å². The topological polar surface area (TPSA) is 81.5 Å². The lowest BCUT2D eigenvalue weighted by Gasteiger charge is -2.22. The van der Waals surface area contributed by atoms with E-state index in [9.17, 15) is 14.9 Å². The lowest BCUT2D eigenvalue weighted by Crippen LogP contribution is -2.20. The molecule has 1 atom stereocenters. The van der Waals surface area contributed by atoms with Gasteiger partial charge >= 0.3 is 5.97 Å². The Hall–Kier alpha value is -1.76. The summed E-state index contributed by atoms with van der Waals surface area (Å²) in [5.41, 5.74) is 0.652. The highest BCUT2D eigenvalue weighted by molar-refractivity contribution is 7.99. The molecule has 0 aromatic heterocycles. The van der Waals surface area contributed by atoms with Crippen molar-refractivity contribution in [3.63, 3.8) is 0 Å². The van der Waals surface area contributed by atoms with Crippen LogP contribution in [0.15, 0.2) is 18.2 Å². The van der Waals surface area contributed by atoms with Crippen LogP contribution in [0, 0.1) is 10.1 Å². The Kier molecular flexibility index (Phi) is 5.44.